The van der Waals surface area contributed by atoms with Gasteiger partial charge in [-0.1, -0.05) is 13.3 Å². The van der Waals surface area contributed by atoms with Crippen LogP contribution in [0.5, 0.6) is 11.5 Å². The van der Waals surface area contributed by atoms with Crippen LogP contribution in [-0.4, -0.2) is 26.8 Å². The van der Waals surface area contributed by atoms with Gasteiger partial charge in [0.05, 0.1) is 19.9 Å². The Morgan fingerprint density at radius 1 is 1.28 bits per heavy atom. The van der Waals surface area contributed by atoms with E-state index in [9.17, 15) is 4.79 Å². The first-order valence-electron chi connectivity index (χ1n) is 5.98. The van der Waals surface area contributed by atoms with Crippen molar-refractivity contribution in [3.8, 4) is 11.5 Å². The van der Waals surface area contributed by atoms with E-state index in [2.05, 4.69) is 17.6 Å². The lowest BCUT2D eigenvalue weighted by Crippen LogP contribution is -2.29. The van der Waals surface area contributed by atoms with E-state index < -0.39 is 0 Å². The van der Waals surface area contributed by atoms with E-state index in [-0.39, 0.29) is 6.03 Å². The fourth-order valence-corrected chi connectivity index (χ4v) is 1.45. The number of methoxy groups -OCH3 is 2. The van der Waals surface area contributed by atoms with Gasteiger partial charge in [-0.25, -0.2) is 4.79 Å². The van der Waals surface area contributed by atoms with Gasteiger partial charge in [-0.2, -0.15) is 0 Å². The van der Waals surface area contributed by atoms with Crippen molar-refractivity contribution in [1.82, 2.24) is 5.32 Å². The highest BCUT2D eigenvalue weighted by Crippen LogP contribution is 2.28. The molecule has 0 saturated carbocycles. The molecule has 0 aliphatic rings. The van der Waals surface area contributed by atoms with Gasteiger partial charge in [-0.3, -0.25) is 0 Å². The second-order valence-electron chi connectivity index (χ2n) is 3.80. The number of urea groups is 1. The van der Waals surface area contributed by atoms with Gasteiger partial charge in [0.1, 0.15) is 11.5 Å². The van der Waals surface area contributed by atoms with Crippen molar-refractivity contribution in [1.29, 1.82) is 0 Å². The minimum absolute atomic E-state index is 0.230. The highest BCUT2D eigenvalue weighted by Gasteiger charge is 2.07. The summed E-state index contributed by atoms with van der Waals surface area (Å²) in [6.45, 7) is 2.74. The molecule has 1 aromatic carbocycles. The summed E-state index contributed by atoms with van der Waals surface area (Å²) < 4.78 is 10.3. The predicted octanol–water partition coefficient (Wildman–Crippen LogP) is 2.63. The van der Waals surface area contributed by atoms with Crippen LogP contribution in [-0.2, 0) is 0 Å². The number of nitrogens with one attached hydrogen (secondary N) is 2. The molecule has 100 valence electrons. The van der Waals surface area contributed by atoms with Gasteiger partial charge in [0.15, 0.2) is 0 Å². The number of hydrogen-bond acceptors (Lipinski definition) is 3. The molecule has 0 atom stereocenters. The van der Waals surface area contributed by atoms with E-state index >= 15 is 0 Å². The highest BCUT2D eigenvalue weighted by atomic mass is 16.5. The molecule has 1 aromatic rings. The van der Waals surface area contributed by atoms with Gasteiger partial charge >= 0.3 is 6.03 Å². The number of anilines is 1. The number of amides is 2. The SMILES string of the molecule is CCCCNC(=O)Nc1ccc(OC)cc1OC. The van der Waals surface area contributed by atoms with Crippen molar-refractivity contribution >= 4 is 11.7 Å². The second kappa shape index (κ2) is 7.42. The zero-order valence-electron chi connectivity index (χ0n) is 11.1. The molecule has 5 nitrogen and oxygen atoms in total. The molecular weight excluding hydrogens is 232 g/mol. The Hall–Kier alpha value is -1.91. The number of carbonyl (C=O) groups excluding carboxylic acids is 1. The standard InChI is InChI=1S/C13H20N2O3/c1-4-5-8-14-13(16)15-11-7-6-10(17-2)9-12(11)18-3/h6-7,9H,4-5,8H2,1-3H3,(H2,14,15,16). The summed E-state index contributed by atoms with van der Waals surface area (Å²) in [5, 5.41) is 5.52. The van der Waals surface area contributed by atoms with E-state index in [1.165, 1.54) is 0 Å². The molecule has 0 aliphatic heterocycles. The first kappa shape index (κ1) is 14.2. The van der Waals surface area contributed by atoms with Crippen LogP contribution < -0.4 is 20.1 Å². The first-order chi connectivity index (χ1) is 8.71. The Labute approximate surface area is 107 Å². The Balaban J connectivity index is 2.63. The highest BCUT2D eigenvalue weighted by molar-refractivity contribution is 5.91. The van der Waals surface area contributed by atoms with Crippen LogP contribution in [0.2, 0.25) is 0 Å². The van der Waals surface area contributed by atoms with Crippen molar-refractivity contribution < 1.29 is 14.3 Å². The lowest BCUT2D eigenvalue weighted by Gasteiger charge is -2.12. The van der Waals surface area contributed by atoms with E-state index in [4.69, 9.17) is 9.47 Å². The third-order valence-corrected chi connectivity index (χ3v) is 2.47. The van der Waals surface area contributed by atoms with Crippen LogP contribution in [0.1, 0.15) is 19.8 Å². The zero-order chi connectivity index (χ0) is 13.4. The molecule has 2 amide bonds. The summed E-state index contributed by atoms with van der Waals surface area (Å²) in [5.41, 5.74) is 0.618. The molecule has 18 heavy (non-hydrogen) atoms. The molecule has 0 saturated heterocycles. The van der Waals surface area contributed by atoms with Crippen LogP contribution >= 0.6 is 0 Å². The Kier molecular flexibility index (Phi) is 5.84. The third kappa shape index (κ3) is 4.16. The van der Waals surface area contributed by atoms with Gasteiger partial charge in [0.25, 0.3) is 0 Å². The minimum atomic E-state index is -0.230. The summed E-state index contributed by atoms with van der Waals surface area (Å²) in [7, 11) is 3.13. The van der Waals surface area contributed by atoms with Crippen LogP contribution in [0, 0.1) is 0 Å². The summed E-state index contributed by atoms with van der Waals surface area (Å²) in [6.07, 6.45) is 2.01. The van der Waals surface area contributed by atoms with Gasteiger partial charge < -0.3 is 20.1 Å². The molecule has 0 bridgehead atoms. The number of unbranched alkanes of at least 4 members (excludes halogenated alkanes) is 1. The molecule has 0 aliphatic carbocycles. The van der Waals surface area contributed by atoms with Crippen LogP contribution in [0.4, 0.5) is 10.5 Å². The van der Waals surface area contributed by atoms with Crippen LogP contribution in [0.3, 0.4) is 0 Å². The fraction of sp³-hybridized carbons (Fsp3) is 0.462. The van der Waals surface area contributed by atoms with E-state index in [0.717, 1.165) is 12.8 Å². The van der Waals surface area contributed by atoms with Crippen molar-refractivity contribution in [2.24, 2.45) is 0 Å². The van der Waals surface area contributed by atoms with Gasteiger partial charge in [-0.05, 0) is 18.6 Å². The van der Waals surface area contributed by atoms with E-state index in [1.807, 2.05) is 0 Å². The molecule has 2 N–H and O–H groups in total. The van der Waals surface area contributed by atoms with Crippen molar-refractivity contribution in [3.63, 3.8) is 0 Å². The lowest BCUT2D eigenvalue weighted by molar-refractivity contribution is 0.252. The Morgan fingerprint density at radius 3 is 2.67 bits per heavy atom. The Bertz CT molecular complexity index is 394. The van der Waals surface area contributed by atoms with Gasteiger partial charge in [-0.15, -0.1) is 0 Å². The number of ether oxygens (including phenoxy) is 2. The normalized spacial score (nSPS) is 9.72. The van der Waals surface area contributed by atoms with Gasteiger partial charge in [0.2, 0.25) is 0 Å². The number of rotatable bonds is 6. The van der Waals surface area contributed by atoms with Crippen molar-refractivity contribution in [2.75, 3.05) is 26.1 Å². The molecule has 5 heteroatoms. The quantitative estimate of drug-likeness (QED) is 0.765. The molecule has 1 rings (SSSR count). The number of carbonyl (C=O) groups is 1. The molecule has 0 fully saturated rings. The summed E-state index contributed by atoms with van der Waals surface area (Å²) in [4.78, 5) is 11.6. The first-order valence-corrected chi connectivity index (χ1v) is 5.98. The molecular formula is C13H20N2O3. The maximum Gasteiger partial charge on any atom is 0.319 e. The average Bonchev–Trinajstić information content (AvgIpc) is 2.39. The minimum Gasteiger partial charge on any atom is -0.497 e. The maximum atomic E-state index is 11.6. The van der Waals surface area contributed by atoms with Crippen LogP contribution in [0.25, 0.3) is 0 Å². The molecule has 0 radical (unpaired) electrons. The monoisotopic (exact) mass is 252 g/mol. The zero-order valence-corrected chi connectivity index (χ0v) is 11.1. The van der Waals surface area contributed by atoms with Gasteiger partial charge in [0, 0.05) is 12.6 Å². The molecule has 0 spiro atoms. The average molecular weight is 252 g/mol. The smallest absolute Gasteiger partial charge is 0.319 e. The largest absolute Gasteiger partial charge is 0.497 e. The predicted molar refractivity (Wildman–Crippen MR) is 71.5 cm³/mol. The van der Waals surface area contributed by atoms with Crippen LogP contribution in [0.15, 0.2) is 18.2 Å². The summed E-state index contributed by atoms with van der Waals surface area (Å²) in [5.74, 6) is 1.25. The van der Waals surface area contributed by atoms with E-state index in [0.29, 0.717) is 23.7 Å². The molecule has 0 aromatic heterocycles. The Morgan fingerprint density at radius 2 is 2.06 bits per heavy atom. The fourth-order valence-electron chi connectivity index (χ4n) is 1.45. The summed E-state index contributed by atoms with van der Waals surface area (Å²) in [6, 6.07) is 5.01. The number of benzene rings is 1. The topological polar surface area (TPSA) is 59.6 Å². The molecule has 0 heterocycles. The van der Waals surface area contributed by atoms with Crippen molar-refractivity contribution in [2.45, 2.75) is 19.8 Å². The summed E-state index contributed by atoms with van der Waals surface area (Å²) >= 11 is 0. The third-order valence-electron chi connectivity index (χ3n) is 2.47. The van der Waals surface area contributed by atoms with E-state index in [1.54, 1.807) is 32.4 Å². The molecule has 0 unspecified atom stereocenters. The van der Waals surface area contributed by atoms with Crippen molar-refractivity contribution in [3.05, 3.63) is 18.2 Å². The second-order valence-corrected chi connectivity index (χ2v) is 3.80. The lowest BCUT2D eigenvalue weighted by atomic mass is 10.2. The number of hydrogen-bond donors (Lipinski definition) is 2. The maximum absolute atomic E-state index is 11.6.